The van der Waals surface area contributed by atoms with Gasteiger partial charge < -0.3 is 9.66 Å². The van der Waals surface area contributed by atoms with E-state index in [0.29, 0.717) is 13.0 Å². The van der Waals surface area contributed by atoms with Gasteiger partial charge in [0, 0.05) is 10.9 Å². The maximum atomic E-state index is 12.8. The molecule has 1 fully saturated rings. The maximum Gasteiger partial charge on any atom is 0.325 e. The zero-order chi connectivity index (χ0) is 20.4. The highest BCUT2D eigenvalue weighted by Crippen LogP contribution is 2.42. The van der Waals surface area contributed by atoms with E-state index in [1.807, 2.05) is 13.0 Å². The SMILES string of the molecule is CCC(C(=O)O)N1Cc2sc(-c3ccc(/C=C/CC4CCCC4)cc3)cc2[S+]1[O-]. The number of aliphatic carboxylic acids is 1. The zero-order valence-corrected chi connectivity index (χ0v) is 18.3. The Bertz CT molecular complexity index is 884. The summed E-state index contributed by atoms with van der Waals surface area (Å²) in [6, 6.07) is 9.76. The third kappa shape index (κ3) is 4.45. The Balaban J connectivity index is 1.42. The van der Waals surface area contributed by atoms with Gasteiger partial charge >= 0.3 is 5.97 Å². The molecule has 1 saturated carbocycles. The van der Waals surface area contributed by atoms with Crippen molar-refractivity contribution in [3.05, 3.63) is 46.8 Å². The summed E-state index contributed by atoms with van der Waals surface area (Å²) >= 11 is 0.220. The number of fused-ring (bicyclic) bond motifs is 1. The van der Waals surface area contributed by atoms with Crippen molar-refractivity contribution in [1.82, 2.24) is 4.31 Å². The largest absolute Gasteiger partial charge is 0.593 e. The van der Waals surface area contributed by atoms with Gasteiger partial charge in [-0.2, -0.15) is 0 Å². The van der Waals surface area contributed by atoms with Crippen LogP contribution in [0.2, 0.25) is 0 Å². The van der Waals surface area contributed by atoms with E-state index in [4.69, 9.17) is 0 Å². The van der Waals surface area contributed by atoms with Gasteiger partial charge in [-0.25, -0.2) is 0 Å². The molecule has 0 amide bonds. The van der Waals surface area contributed by atoms with Crippen LogP contribution < -0.4 is 0 Å². The number of nitrogens with zero attached hydrogens (tertiary/aromatic N) is 1. The molecule has 2 atom stereocenters. The fourth-order valence-corrected chi connectivity index (χ4v) is 7.27. The summed E-state index contributed by atoms with van der Waals surface area (Å²) in [5.74, 6) is -0.0410. The minimum absolute atomic E-state index is 0.443. The first-order valence-corrected chi connectivity index (χ1v) is 12.3. The average Bonchev–Trinajstić information content (AvgIpc) is 3.42. The van der Waals surface area contributed by atoms with Crippen LogP contribution in [0.4, 0.5) is 0 Å². The normalized spacial score (nSPS) is 21.1. The number of carboxylic acid groups (broad SMARTS) is 1. The van der Waals surface area contributed by atoms with Gasteiger partial charge in [0.2, 0.25) is 0 Å². The maximum absolute atomic E-state index is 12.8. The van der Waals surface area contributed by atoms with Gasteiger partial charge in [-0.05, 0) is 29.9 Å². The first-order chi connectivity index (χ1) is 14.1. The van der Waals surface area contributed by atoms with Crippen LogP contribution in [0.25, 0.3) is 16.5 Å². The van der Waals surface area contributed by atoms with Gasteiger partial charge in [0.05, 0.1) is 22.8 Å². The molecular weight excluding hydrogens is 402 g/mol. The summed E-state index contributed by atoms with van der Waals surface area (Å²) in [6.07, 6.45) is 11.6. The number of benzene rings is 1. The van der Waals surface area contributed by atoms with Crippen molar-refractivity contribution in [1.29, 1.82) is 0 Å². The summed E-state index contributed by atoms with van der Waals surface area (Å²) in [6.45, 7) is 2.26. The topological polar surface area (TPSA) is 63.6 Å². The molecule has 4 rings (SSSR count). The molecule has 0 saturated heterocycles. The molecule has 29 heavy (non-hydrogen) atoms. The van der Waals surface area contributed by atoms with Crippen LogP contribution in [0.1, 0.15) is 55.9 Å². The molecule has 0 bridgehead atoms. The van der Waals surface area contributed by atoms with Gasteiger partial charge in [-0.3, -0.25) is 4.79 Å². The smallest absolute Gasteiger partial charge is 0.325 e. The summed E-state index contributed by atoms with van der Waals surface area (Å²) < 4.78 is 14.4. The van der Waals surface area contributed by atoms with Crippen molar-refractivity contribution in [3.63, 3.8) is 0 Å². The van der Waals surface area contributed by atoms with Crippen LogP contribution in [-0.4, -0.2) is 26.0 Å². The monoisotopic (exact) mass is 429 g/mol. The molecule has 0 spiro atoms. The lowest BCUT2D eigenvalue weighted by atomic mass is 10.0. The Labute approximate surface area is 179 Å². The highest BCUT2D eigenvalue weighted by atomic mass is 32.2. The fraction of sp³-hybridized carbons (Fsp3) is 0.435. The van der Waals surface area contributed by atoms with Crippen molar-refractivity contribution in [3.8, 4) is 10.4 Å². The van der Waals surface area contributed by atoms with Crippen molar-refractivity contribution in [2.45, 2.75) is 62.9 Å². The zero-order valence-electron chi connectivity index (χ0n) is 16.7. The van der Waals surface area contributed by atoms with Gasteiger partial charge in [0.25, 0.3) is 0 Å². The molecule has 1 N–H and O–H groups in total. The number of rotatable bonds is 7. The quantitative estimate of drug-likeness (QED) is 0.573. The number of carbonyl (C=O) groups is 1. The molecule has 154 valence electrons. The summed E-state index contributed by atoms with van der Waals surface area (Å²) in [5.41, 5.74) is 2.32. The standard InChI is InChI=1S/C23H27NO3S2/c1-2-19(23(25)26)24-15-21-22(29(24)27)14-20(28-21)18-12-10-17(11-13-18)9-5-8-16-6-3-4-7-16/h5,9-14,16,19H,2-4,6-8,15H2,1H3,(H,25,26)/b9-5+. The van der Waals surface area contributed by atoms with Crippen molar-refractivity contribution >= 4 is 34.7 Å². The lowest BCUT2D eigenvalue weighted by Crippen LogP contribution is -2.40. The van der Waals surface area contributed by atoms with E-state index >= 15 is 0 Å². The molecule has 4 nitrogen and oxygen atoms in total. The minimum Gasteiger partial charge on any atom is -0.593 e. The third-order valence-electron chi connectivity index (χ3n) is 5.94. The van der Waals surface area contributed by atoms with E-state index in [1.54, 1.807) is 15.6 Å². The first-order valence-electron chi connectivity index (χ1n) is 10.4. The highest BCUT2D eigenvalue weighted by molar-refractivity contribution is 7.89. The summed E-state index contributed by atoms with van der Waals surface area (Å²) in [5, 5.41) is 9.37. The second-order valence-corrected chi connectivity index (χ2v) is 10.4. The van der Waals surface area contributed by atoms with Crippen molar-refractivity contribution in [2.24, 2.45) is 5.92 Å². The van der Waals surface area contributed by atoms with E-state index in [2.05, 4.69) is 36.4 Å². The number of thiophene rings is 1. The second kappa shape index (κ2) is 9.04. The van der Waals surface area contributed by atoms with E-state index in [0.717, 1.165) is 26.1 Å². The molecule has 1 aromatic heterocycles. The van der Waals surface area contributed by atoms with Crippen LogP contribution in [-0.2, 0) is 22.7 Å². The van der Waals surface area contributed by atoms with Crippen LogP contribution in [0.3, 0.4) is 0 Å². The van der Waals surface area contributed by atoms with Gasteiger partial charge in [-0.1, -0.05) is 69.0 Å². The van der Waals surface area contributed by atoms with Gasteiger partial charge in [-0.15, -0.1) is 15.6 Å². The Morgan fingerprint density at radius 1 is 1.34 bits per heavy atom. The molecule has 2 aliphatic rings. The van der Waals surface area contributed by atoms with E-state index < -0.39 is 23.4 Å². The Kier molecular flexibility index (Phi) is 6.44. The minimum atomic E-state index is -1.40. The number of carboxylic acids is 1. The second-order valence-electron chi connectivity index (χ2n) is 7.90. The van der Waals surface area contributed by atoms with Gasteiger partial charge in [0.15, 0.2) is 10.9 Å². The molecule has 2 aromatic rings. The Morgan fingerprint density at radius 2 is 2.07 bits per heavy atom. The Morgan fingerprint density at radius 3 is 2.69 bits per heavy atom. The molecule has 2 unspecified atom stereocenters. The number of allylic oxidation sites excluding steroid dienone is 1. The predicted molar refractivity (Wildman–Crippen MR) is 119 cm³/mol. The van der Waals surface area contributed by atoms with Crippen LogP contribution in [0.5, 0.6) is 0 Å². The molecule has 1 aliphatic heterocycles. The molecule has 6 heteroatoms. The third-order valence-corrected chi connectivity index (χ3v) is 8.79. The lowest BCUT2D eigenvalue weighted by Gasteiger charge is -2.22. The lowest BCUT2D eigenvalue weighted by molar-refractivity contribution is -0.141. The van der Waals surface area contributed by atoms with E-state index in [-0.39, 0.29) is 0 Å². The number of hydrogen-bond acceptors (Lipinski definition) is 4. The van der Waals surface area contributed by atoms with E-state index in [1.165, 1.54) is 37.7 Å². The van der Waals surface area contributed by atoms with E-state index in [9.17, 15) is 14.5 Å². The van der Waals surface area contributed by atoms with Crippen LogP contribution in [0, 0.1) is 5.92 Å². The summed E-state index contributed by atoms with van der Waals surface area (Å²) in [7, 11) is 0. The fourth-order valence-electron chi connectivity index (χ4n) is 4.27. The highest BCUT2D eigenvalue weighted by Gasteiger charge is 2.43. The molecule has 0 radical (unpaired) electrons. The average molecular weight is 430 g/mol. The van der Waals surface area contributed by atoms with Gasteiger partial charge in [0.1, 0.15) is 0 Å². The Hall–Kier alpha value is -1.60. The van der Waals surface area contributed by atoms with Crippen LogP contribution in [0.15, 0.2) is 41.3 Å². The summed E-state index contributed by atoms with van der Waals surface area (Å²) in [4.78, 5) is 14.3. The molecule has 2 heterocycles. The van der Waals surface area contributed by atoms with Crippen LogP contribution >= 0.6 is 11.3 Å². The predicted octanol–water partition coefficient (Wildman–Crippen LogP) is 5.71. The molecular formula is C23H27NO3S2. The molecule has 1 aromatic carbocycles. The molecule has 1 aliphatic carbocycles. The van der Waals surface area contributed by atoms with Crippen molar-refractivity contribution < 1.29 is 14.5 Å². The first kappa shape index (κ1) is 20.7. The van der Waals surface area contributed by atoms with Crippen molar-refractivity contribution in [2.75, 3.05) is 0 Å². The number of hydrogen-bond donors (Lipinski definition) is 1.